The third-order valence-electron chi connectivity index (χ3n) is 4.81. The Morgan fingerprint density at radius 2 is 2.09 bits per heavy atom. The molecule has 23 heavy (non-hydrogen) atoms. The molecule has 1 aliphatic carbocycles. The predicted octanol–water partition coefficient (Wildman–Crippen LogP) is 3.46. The van der Waals surface area contributed by atoms with Crippen molar-refractivity contribution in [1.29, 1.82) is 0 Å². The van der Waals surface area contributed by atoms with Gasteiger partial charge < -0.3 is 14.8 Å². The normalized spacial score (nSPS) is 24.8. The largest absolute Gasteiger partial charge is 0.356 e. The van der Waals surface area contributed by atoms with Gasteiger partial charge in [0.2, 0.25) is 5.91 Å². The number of hydrogen-bond acceptors (Lipinski definition) is 4. The molecule has 0 bridgehead atoms. The van der Waals surface area contributed by atoms with E-state index in [0.717, 1.165) is 25.8 Å². The third kappa shape index (κ3) is 4.14. The average Bonchev–Trinajstić information content (AvgIpc) is 2.92. The molecule has 2 heterocycles. The number of amides is 1. The van der Waals surface area contributed by atoms with Gasteiger partial charge in [-0.1, -0.05) is 13.8 Å². The summed E-state index contributed by atoms with van der Waals surface area (Å²) in [5.74, 6) is 0.847. The summed E-state index contributed by atoms with van der Waals surface area (Å²) < 4.78 is 11.2. The zero-order valence-electron chi connectivity index (χ0n) is 14.3. The summed E-state index contributed by atoms with van der Waals surface area (Å²) in [7, 11) is 0. The van der Waals surface area contributed by atoms with Crippen LogP contribution in [0.2, 0.25) is 0 Å². The number of ether oxygens (including phenoxy) is 2. The molecule has 1 saturated heterocycles. The molecule has 0 radical (unpaired) electrons. The van der Waals surface area contributed by atoms with E-state index in [9.17, 15) is 4.79 Å². The molecule has 0 spiro atoms. The molecule has 4 nitrogen and oxygen atoms in total. The van der Waals surface area contributed by atoms with Crippen LogP contribution in [0.4, 0.5) is 0 Å². The highest BCUT2D eigenvalue weighted by molar-refractivity contribution is 7.12. The molecule has 1 saturated carbocycles. The van der Waals surface area contributed by atoms with Gasteiger partial charge in [0.05, 0.1) is 13.2 Å². The van der Waals surface area contributed by atoms with Crippen LogP contribution in [-0.4, -0.2) is 32.0 Å². The van der Waals surface area contributed by atoms with Gasteiger partial charge in [-0.15, -0.1) is 11.3 Å². The van der Waals surface area contributed by atoms with E-state index in [0.29, 0.717) is 19.1 Å². The Bertz CT molecular complexity index is 548. The van der Waals surface area contributed by atoms with E-state index >= 15 is 0 Å². The van der Waals surface area contributed by atoms with Crippen LogP contribution in [0.3, 0.4) is 0 Å². The molecule has 5 heteroatoms. The van der Waals surface area contributed by atoms with Crippen LogP contribution < -0.4 is 5.32 Å². The lowest BCUT2D eigenvalue weighted by Gasteiger charge is -2.29. The fourth-order valence-corrected chi connectivity index (χ4v) is 4.32. The van der Waals surface area contributed by atoms with Crippen molar-refractivity contribution in [2.45, 2.75) is 52.2 Å². The van der Waals surface area contributed by atoms with Gasteiger partial charge in [-0.25, -0.2) is 0 Å². The maximum atomic E-state index is 12.2. The summed E-state index contributed by atoms with van der Waals surface area (Å²) in [4.78, 5) is 14.9. The summed E-state index contributed by atoms with van der Waals surface area (Å²) in [6, 6.07) is 4.31. The van der Waals surface area contributed by atoms with Crippen molar-refractivity contribution < 1.29 is 14.3 Å². The fourth-order valence-electron chi connectivity index (χ4n) is 3.27. The van der Waals surface area contributed by atoms with Gasteiger partial charge in [-0.3, -0.25) is 4.79 Å². The lowest BCUT2D eigenvalue weighted by molar-refractivity contribution is -0.124. The van der Waals surface area contributed by atoms with E-state index in [-0.39, 0.29) is 23.5 Å². The number of rotatable bonds is 7. The van der Waals surface area contributed by atoms with Crippen LogP contribution in [-0.2, 0) is 14.3 Å². The second-order valence-electron chi connectivity index (χ2n) is 7.35. The summed E-state index contributed by atoms with van der Waals surface area (Å²) in [6.45, 7) is 8.57. The van der Waals surface area contributed by atoms with Gasteiger partial charge in [-0.05, 0) is 38.3 Å². The number of thiophene rings is 1. The van der Waals surface area contributed by atoms with Crippen LogP contribution in [0.15, 0.2) is 12.1 Å². The summed E-state index contributed by atoms with van der Waals surface area (Å²) in [5.41, 5.74) is -0.00214. The molecule has 128 valence electrons. The maximum Gasteiger partial charge on any atom is 0.223 e. The zero-order valence-corrected chi connectivity index (χ0v) is 15.1. The number of aryl methyl sites for hydroxylation is 1. The molecule has 1 amide bonds. The van der Waals surface area contributed by atoms with Gasteiger partial charge in [-0.2, -0.15) is 0 Å². The summed E-state index contributed by atoms with van der Waals surface area (Å²) in [5, 5.41) is 3.10. The predicted molar refractivity (Wildman–Crippen MR) is 91.6 cm³/mol. The first kappa shape index (κ1) is 16.9. The van der Waals surface area contributed by atoms with Crippen molar-refractivity contribution >= 4 is 17.2 Å². The SMILES string of the molecule is Cc1ccc(C2CC2C(=O)NCCCC(C)(C)C2OCCO2)s1. The van der Waals surface area contributed by atoms with E-state index in [4.69, 9.17) is 9.47 Å². The molecule has 0 aromatic carbocycles. The first-order chi connectivity index (χ1) is 11.0. The van der Waals surface area contributed by atoms with Gasteiger partial charge in [0.1, 0.15) is 0 Å². The lowest BCUT2D eigenvalue weighted by atomic mass is 9.87. The van der Waals surface area contributed by atoms with E-state index in [1.54, 1.807) is 0 Å². The molecule has 2 atom stereocenters. The molecule has 2 unspecified atom stereocenters. The Balaban J connectivity index is 1.35. The number of nitrogens with one attached hydrogen (secondary N) is 1. The second-order valence-corrected chi connectivity index (χ2v) is 8.67. The molecule has 3 rings (SSSR count). The molecular formula is C18H27NO3S. The van der Waals surface area contributed by atoms with Crippen molar-refractivity contribution in [3.8, 4) is 0 Å². The molecular weight excluding hydrogens is 310 g/mol. The second kappa shape index (κ2) is 6.91. The average molecular weight is 337 g/mol. The first-order valence-electron chi connectivity index (χ1n) is 8.54. The lowest BCUT2D eigenvalue weighted by Crippen LogP contribution is -2.32. The highest BCUT2D eigenvalue weighted by Gasteiger charge is 2.44. The van der Waals surface area contributed by atoms with Gasteiger partial charge in [0.25, 0.3) is 0 Å². The molecule has 1 aromatic heterocycles. The van der Waals surface area contributed by atoms with Crippen LogP contribution in [0, 0.1) is 18.3 Å². The Kier molecular flexibility index (Phi) is 5.09. The van der Waals surface area contributed by atoms with Gasteiger partial charge in [0, 0.05) is 33.5 Å². The van der Waals surface area contributed by atoms with E-state index in [1.165, 1.54) is 9.75 Å². The number of hydrogen-bond donors (Lipinski definition) is 1. The molecule has 2 aliphatic rings. The number of carbonyl (C=O) groups excluding carboxylic acids is 1. The summed E-state index contributed by atoms with van der Waals surface area (Å²) >= 11 is 1.82. The van der Waals surface area contributed by atoms with E-state index < -0.39 is 0 Å². The van der Waals surface area contributed by atoms with Crippen molar-refractivity contribution in [3.63, 3.8) is 0 Å². The van der Waals surface area contributed by atoms with Crippen molar-refractivity contribution in [2.24, 2.45) is 11.3 Å². The molecule has 2 fully saturated rings. The van der Waals surface area contributed by atoms with Crippen LogP contribution in [0.5, 0.6) is 0 Å². The zero-order chi connectivity index (χ0) is 16.4. The minimum absolute atomic E-state index is 0.00214. The Hall–Kier alpha value is -0.910. The number of carbonyl (C=O) groups is 1. The standard InChI is InChI=1S/C18H27NO3S/c1-12-5-6-15(23-12)13-11-14(13)16(20)19-8-4-7-18(2,3)17-21-9-10-22-17/h5-6,13-14,17H,4,7-11H2,1-3H3,(H,19,20). The highest BCUT2D eigenvalue weighted by Crippen LogP contribution is 2.49. The Morgan fingerprint density at radius 3 is 2.74 bits per heavy atom. The van der Waals surface area contributed by atoms with E-state index in [1.807, 2.05) is 11.3 Å². The molecule has 1 N–H and O–H groups in total. The smallest absolute Gasteiger partial charge is 0.223 e. The van der Waals surface area contributed by atoms with Crippen LogP contribution >= 0.6 is 11.3 Å². The summed E-state index contributed by atoms with van der Waals surface area (Å²) in [6.07, 6.45) is 2.84. The highest BCUT2D eigenvalue weighted by atomic mass is 32.1. The molecule has 1 aromatic rings. The Morgan fingerprint density at radius 1 is 1.35 bits per heavy atom. The van der Waals surface area contributed by atoms with Crippen LogP contribution in [0.1, 0.15) is 48.8 Å². The quantitative estimate of drug-likeness (QED) is 0.775. The van der Waals surface area contributed by atoms with Crippen LogP contribution in [0.25, 0.3) is 0 Å². The first-order valence-corrected chi connectivity index (χ1v) is 9.36. The van der Waals surface area contributed by atoms with Gasteiger partial charge in [0.15, 0.2) is 6.29 Å². The topological polar surface area (TPSA) is 47.6 Å². The Labute approximate surface area is 142 Å². The van der Waals surface area contributed by atoms with E-state index in [2.05, 4.69) is 38.2 Å². The monoisotopic (exact) mass is 337 g/mol. The van der Waals surface area contributed by atoms with Crippen molar-refractivity contribution in [1.82, 2.24) is 5.32 Å². The molecule has 1 aliphatic heterocycles. The van der Waals surface area contributed by atoms with Crippen molar-refractivity contribution in [3.05, 3.63) is 21.9 Å². The third-order valence-corrected chi connectivity index (χ3v) is 5.94. The van der Waals surface area contributed by atoms with Crippen molar-refractivity contribution in [2.75, 3.05) is 19.8 Å². The fraction of sp³-hybridized carbons (Fsp3) is 0.722. The van der Waals surface area contributed by atoms with Gasteiger partial charge >= 0.3 is 0 Å². The maximum absolute atomic E-state index is 12.2. The minimum atomic E-state index is -0.104. The minimum Gasteiger partial charge on any atom is -0.356 e.